The van der Waals surface area contributed by atoms with Gasteiger partial charge >= 0.3 is 0 Å². The lowest BCUT2D eigenvalue weighted by Crippen LogP contribution is -2.17. The van der Waals surface area contributed by atoms with Gasteiger partial charge in [-0.3, -0.25) is 0 Å². The lowest BCUT2D eigenvalue weighted by molar-refractivity contribution is 0.0920. The third kappa shape index (κ3) is 5.98. The Morgan fingerprint density at radius 1 is 1.09 bits per heavy atom. The molecule has 0 spiro atoms. The number of sulfone groups is 1. The van der Waals surface area contributed by atoms with E-state index >= 15 is 0 Å². The average Bonchev–Trinajstić information content (AvgIpc) is 3.40. The first-order chi connectivity index (χ1) is 16.6. The van der Waals surface area contributed by atoms with Gasteiger partial charge in [0, 0.05) is 30.7 Å². The summed E-state index contributed by atoms with van der Waals surface area (Å²) in [6, 6.07) is 9.35. The minimum atomic E-state index is -3.46. The van der Waals surface area contributed by atoms with Crippen molar-refractivity contribution in [3.63, 3.8) is 0 Å². The fraction of sp³-hybridized carbons (Fsp3) is 0.375. The molecule has 3 heterocycles. The summed E-state index contributed by atoms with van der Waals surface area (Å²) in [5.74, 6) is 1.73. The fourth-order valence-corrected chi connectivity index (χ4v) is 3.93. The number of nitrogens with one attached hydrogen (secondary N) is 1. The Labute approximate surface area is 204 Å². The molecule has 0 saturated carbocycles. The second-order valence-corrected chi connectivity index (χ2v) is 10.4. The molecule has 3 aromatic rings. The third-order valence-electron chi connectivity index (χ3n) is 5.35. The number of aromatic nitrogens is 3. The van der Waals surface area contributed by atoms with Gasteiger partial charge in [0.25, 0.3) is 0 Å². The van der Waals surface area contributed by atoms with Crippen LogP contribution in [0.25, 0.3) is 11.3 Å². The molecule has 35 heavy (non-hydrogen) atoms. The van der Waals surface area contributed by atoms with Crippen molar-refractivity contribution in [1.82, 2.24) is 15.0 Å². The maximum Gasteiger partial charge on any atom is 0.237 e. The summed E-state index contributed by atoms with van der Waals surface area (Å²) in [6.07, 6.45) is 3.32. The fourth-order valence-electron chi connectivity index (χ4n) is 3.44. The van der Waals surface area contributed by atoms with E-state index in [9.17, 15) is 8.42 Å². The highest BCUT2D eigenvalue weighted by Crippen LogP contribution is 2.32. The molecule has 11 heteroatoms. The number of benzene rings is 1. The first-order valence-electron chi connectivity index (χ1n) is 11.1. The van der Waals surface area contributed by atoms with Crippen molar-refractivity contribution in [1.29, 1.82) is 0 Å². The number of aliphatic imine (C=N–C) groups is 1. The average molecular weight is 501 g/mol. The van der Waals surface area contributed by atoms with E-state index in [2.05, 4.69) is 19.9 Å². The molecule has 2 aromatic heterocycles. The number of hydrogen-bond donors (Lipinski definition) is 1. The maximum absolute atomic E-state index is 11.6. The second kappa shape index (κ2) is 10.0. The number of H-pyrrole nitrogens is 1. The summed E-state index contributed by atoms with van der Waals surface area (Å²) in [5.41, 5.74) is 2.39. The van der Waals surface area contributed by atoms with Crippen molar-refractivity contribution in [2.75, 3.05) is 20.0 Å². The summed E-state index contributed by atoms with van der Waals surface area (Å²) >= 11 is 0. The molecule has 0 radical (unpaired) electrons. The number of hydrogen-bond acceptors (Lipinski definition) is 9. The summed E-state index contributed by atoms with van der Waals surface area (Å²) in [7, 11) is -1.85. The van der Waals surface area contributed by atoms with Gasteiger partial charge in [-0.2, -0.15) is 0 Å². The molecule has 1 aliphatic heterocycles. The molecule has 4 rings (SSSR count). The third-order valence-corrected chi connectivity index (χ3v) is 6.32. The Morgan fingerprint density at radius 2 is 1.83 bits per heavy atom. The summed E-state index contributed by atoms with van der Waals surface area (Å²) in [5, 5.41) is -0.129. The molecule has 10 nitrogen and oxygen atoms in total. The van der Waals surface area contributed by atoms with Crippen LogP contribution in [0.1, 0.15) is 26.5 Å². The van der Waals surface area contributed by atoms with Gasteiger partial charge < -0.3 is 23.9 Å². The van der Waals surface area contributed by atoms with Crippen LogP contribution >= 0.6 is 0 Å². The van der Waals surface area contributed by atoms with Crippen LogP contribution < -0.4 is 9.47 Å². The molecule has 3 atom stereocenters. The van der Waals surface area contributed by atoms with Crippen molar-refractivity contribution in [2.45, 2.75) is 44.0 Å². The smallest absolute Gasteiger partial charge is 0.237 e. The van der Waals surface area contributed by atoms with Crippen LogP contribution in [-0.2, 0) is 19.3 Å². The Bertz CT molecular complexity index is 1320. The van der Waals surface area contributed by atoms with E-state index in [1.54, 1.807) is 13.2 Å². The number of rotatable bonds is 9. The molecule has 1 aliphatic rings. The van der Waals surface area contributed by atoms with Crippen LogP contribution in [0.4, 0.5) is 0 Å². The Hall–Kier alpha value is -3.44. The van der Waals surface area contributed by atoms with Crippen molar-refractivity contribution in [3.8, 4) is 28.6 Å². The van der Waals surface area contributed by atoms with E-state index in [-0.39, 0.29) is 29.2 Å². The maximum atomic E-state index is 11.6. The van der Waals surface area contributed by atoms with E-state index in [1.807, 2.05) is 45.0 Å². The van der Waals surface area contributed by atoms with Crippen molar-refractivity contribution in [3.05, 3.63) is 48.4 Å². The number of nitrogens with zero attached hydrogens (tertiary/aromatic N) is 3. The molecule has 0 amide bonds. The zero-order valence-electron chi connectivity index (χ0n) is 20.2. The molecular formula is C24H28N4O6S. The van der Waals surface area contributed by atoms with Crippen LogP contribution in [0, 0.1) is 0 Å². The molecular weight excluding hydrogens is 472 g/mol. The summed E-state index contributed by atoms with van der Waals surface area (Å²) in [6.45, 7) is 6.32. The van der Waals surface area contributed by atoms with E-state index in [0.29, 0.717) is 24.0 Å². The van der Waals surface area contributed by atoms with Gasteiger partial charge in [0.2, 0.25) is 11.8 Å². The largest absolute Gasteiger partial charge is 0.488 e. The first-order valence-corrected chi connectivity index (χ1v) is 13.0. The Morgan fingerprint density at radius 3 is 2.46 bits per heavy atom. The van der Waals surface area contributed by atoms with E-state index in [0.717, 1.165) is 29.4 Å². The number of ether oxygens (including phenoxy) is 4. The van der Waals surface area contributed by atoms with Crippen LogP contribution in [0.2, 0.25) is 0 Å². The van der Waals surface area contributed by atoms with Crippen LogP contribution in [0.5, 0.6) is 17.4 Å². The standard InChI is InChI=1S/C24H28N4O6S/c1-14(13-31-4)32-18-8-17(20-6-7-21(28-20)24-27-15(2)16(3)33-24)9-19(10-18)34-22-11-26-23(12-25-22)35(5,29)30/h6-12,14-16,28H,13H2,1-5H3/t14-,15+,16-/m0/s1. The summed E-state index contributed by atoms with van der Waals surface area (Å²) < 4.78 is 46.2. The van der Waals surface area contributed by atoms with Gasteiger partial charge in [0.15, 0.2) is 14.9 Å². The minimum Gasteiger partial charge on any atom is -0.488 e. The Kier molecular flexibility index (Phi) is 7.08. The highest BCUT2D eigenvalue weighted by Gasteiger charge is 2.25. The van der Waals surface area contributed by atoms with Gasteiger partial charge in [0.1, 0.15) is 29.4 Å². The zero-order chi connectivity index (χ0) is 25.2. The molecule has 0 aliphatic carbocycles. The summed E-state index contributed by atoms with van der Waals surface area (Å²) in [4.78, 5) is 15.9. The highest BCUT2D eigenvalue weighted by molar-refractivity contribution is 7.90. The van der Waals surface area contributed by atoms with Crippen LogP contribution in [0.3, 0.4) is 0 Å². The van der Waals surface area contributed by atoms with Crippen LogP contribution in [-0.4, -0.2) is 67.5 Å². The van der Waals surface area contributed by atoms with Gasteiger partial charge in [-0.15, -0.1) is 0 Å². The molecule has 186 valence electrons. The van der Waals surface area contributed by atoms with Gasteiger partial charge in [-0.1, -0.05) is 0 Å². The quantitative estimate of drug-likeness (QED) is 0.472. The molecule has 1 aromatic carbocycles. The van der Waals surface area contributed by atoms with E-state index < -0.39 is 9.84 Å². The second-order valence-electron chi connectivity index (χ2n) is 8.43. The van der Waals surface area contributed by atoms with E-state index in [1.165, 1.54) is 6.20 Å². The zero-order valence-corrected chi connectivity index (χ0v) is 21.0. The Balaban J connectivity index is 1.64. The van der Waals surface area contributed by atoms with Crippen molar-refractivity contribution < 1.29 is 27.4 Å². The van der Waals surface area contributed by atoms with Gasteiger partial charge in [-0.25, -0.2) is 23.4 Å². The number of methoxy groups -OCH3 is 1. The molecule has 0 fully saturated rings. The SMILES string of the molecule is COC[C@H](C)Oc1cc(Oc2cnc(S(C)(=O)=O)cn2)cc(-c2ccc(C3=N[C@H](C)[C@H](C)O3)[nH]2)c1. The predicted molar refractivity (Wildman–Crippen MR) is 130 cm³/mol. The lowest BCUT2D eigenvalue weighted by Gasteiger charge is -2.16. The highest BCUT2D eigenvalue weighted by atomic mass is 32.2. The van der Waals surface area contributed by atoms with Crippen molar-refractivity contribution in [2.24, 2.45) is 4.99 Å². The topological polar surface area (TPSA) is 125 Å². The van der Waals surface area contributed by atoms with Gasteiger partial charge in [0.05, 0.1) is 25.0 Å². The molecule has 0 saturated heterocycles. The monoisotopic (exact) mass is 500 g/mol. The molecule has 0 bridgehead atoms. The minimum absolute atomic E-state index is 0.0194. The normalized spacial score (nSPS) is 18.6. The number of aromatic amines is 1. The van der Waals surface area contributed by atoms with E-state index in [4.69, 9.17) is 18.9 Å². The lowest BCUT2D eigenvalue weighted by atomic mass is 10.1. The molecule has 1 N–H and O–H groups in total. The molecule has 0 unspecified atom stereocenters. The van der Waals surface area contributed by atoms with Crippen LogP contribution in [0.15, 0.2) is 52.7 Å². The van der Waals surface area contributed by atoms with Crippen molar-refractivity contribution >= 4 is 15.7 Å². The first kappa shape index (κ1) is 24.7. The van der Waals surface area contributed by atoms with Gasteiger partial charge in [-0.05, 0) is 45.0 Å². The predicted octanol–water partition coefficient (Wildman–Crippen LogP) is 3.64.